The third kappa shape index (κ3) is 2.01. The van der Waals surface area contributed by atoms with Crippen molar-refractivity contribution in [1.82, 2.24) is 4.90 Å². The van der Waals surface area contributed by atoms with Gasteiger partial charge in [-0.2, -0.15) is 0 Å². The number of hydrogen-bond acceptors (Lipinski definition) is 2. The second-order valence-electron chi connectivity index (χ2n) is 4.93. The summed E-state index contributed by atoms with van der Waals surface area (Å²) >= 11 is 9.42. The van der Waals surface area contributed by atoms with E-state index in [0.717, 1.165) is 11.1 Å². The zero-order chi connectivity index (χ0) is 15.2. The molecule has 1 aromatic rings. The average Bonchev–Trinajstić information content (AvgIpc) is 2.66. The number of allylic oxidation sites excluding steroid dienone is 2. The van der Waals surface area contributed by atoms with Crippen LogP contribution in [0.3, 0.4) is 0 Å². The van der Waals surface area contributed by atoms with E-state index in [1.807, 2.05) is 30.3 Å². The number of benzene rings is 1. The van der Waals surface area contributed by atoms with E-state index in [2.05, 4.69) is 15.9 Å². The van der Waals surface area contributed by atoms with Gasteiger partial charge in [0.2, 0.25) is 0 Å². The van der Waals surface area contributed by atoms with Crippen LogP contribution < -0.4 is 0 Å². The summed E-state index contributed by atoms with van der Waals surface area (Å²) in [6.07, 6.45) is 4.77. The van der Waals surface area contributed by atoms with Gasteiger partial charge in [0.1, 0.15) is 5.54 Å². The maximum Gasteiger partial charge on any atom is 0.262 e. The summed E-state index contributed by atoms with van der Waals surface area (Å²) in [5.41, 5.74) is 0.863. The number of ketones is 1. The molecule has 0 saturated heterocycles. The lowest BCUT2D eigenvalue weighted by Gasteiger charge is -2.35. The molecule has 1 unspecified atom stereocenters. The highest BCUT2D eigenvalue weighted by atomic mass is 79.9. The van der Waals surface area contributed by atoms with Gasteiger partial charge in [0.15, 0.2) is 5.78 Å². The molecule has 1 aliphatic carbocycles. The topological polar surface area (TPSA) is 37.4 Å². The number of likely N-dealkylation sites (N-methyl/N-ethyl adjacent to an activating group) is 1. The first kappa shape index (κ1) is 14.3. The quantitative estimate of drug-likeness (QED) is 0.767. The van der Waals surface area contributed by atoms with Crippen LogP contribution >= 0.6 is 27.5 Å². The Balaban J connectivity index is 2.27. The maximum atomic E-state index is 12.4. The molecule has 1 aliphatic heterocycles. The van der Waals surface area contributed by atoms with Crippen LogP contribution in [0.2, 0.25) is 0 Å². The van der Waals surface area contributed by atoms with Gasteiger partial charge in [-0.25, -0.2) is 0 Å². The molecule has 3 rings (SSSR count). The van der Waals surface area contributed by atoms with E-state index in [1.165, 1.54) is 6.08 Å². The Bertz CT molecular complexity index is 736. The number of nitrogens with zero attached hydrogens (tertiary/aromatic N) is 1. The molecule has 1 amide bonds. The van der Waals surface area contributed by atoms with Crippen molar-refractivity contribution in [3.63, 3.8) is 0 Å². The summed E-state index contributed by atoms with van der Waals surface area (Å²) in [5, 5.41) is 0.118. The molecule has 21 heavy (non-hydrogen) atoms. The van der Waals surface area contributed by atoms with Gasteiger partial charge in [-0.15, -0.1) is 0 Å². The zero-order valence-electron chi connectivity index (χ0n) is 11.1. The molecular formula is C16H11BrClNO2. The highest BCUT2D eigenvalue weighted by molar-refractivity contribution is 9.12. The molecular weight excluding hydrogens is 354 g/mol. The van der Waals surface area contributed by atoms with Crippen LogP contribution in [0.1, 0.15) is 5.56 Å². The standard InChI is InChI=1S/C16H11BrClNO2/c1-19-15(21)14(17)13(10-5-3-2-4-6-10)16(19)8-7-12(20)11(18)9-16/h2-9H,1H3. The predicted molar refractivity (Wildman–Crippen MR) is 85.9 cm³/mol. The van der Waals surface area contributed by atoms with Crippen LogP contribution in [-0.4, -0.2) is 29.2 Å². The van der Waals surface area contributed by atoms with E-state index in [0.29, 0.717) is 4.48 Å². The number of hydrogen-bond donors (Lipinski definition) is 0. The SMILES string of the molecule is CN1C(=O)C(Br)=C(c2ccccc2)C12C=CC(=O)C(Cl)=C2. The van der Waals surface area contributed by atoms with E-state index in [9.17, 15) is 9.59 Å². The third-order valence-corrected chi connectivity index (χ3v) is 4.83. The highest BCUT2D eigenvalue weighted by Gasteiger charge is 2.48. The highest BCUT2D eigenvalue weighted by Crippen LogP contribution is 2.47. The number of halogens is 2. The first-order chi connectivity index (χ1) is 9.97. The van der Waals surface area contributed by atoms with Crippen LogP contribution in [0.15, 0.2) is 58.1 Å². The van der Waals surface area contributed by atoms with Crippen molar-refractivity contribution in [2.45, 2.75) is 5.54 Å². The normalized spacial score (nSPS) is 25.1. The van der Waals surface area contributed by atoms with E-state index in [-0.39, 0.29) is 16.7 Å². The minimum atomic E-state index is -0.831. The van der Waals surface area contributed by atoms with Crippen molar-refractivity contribution < 1.29 is 9.59 Å². The van der Waals surface area contributed by atoms with Gasteiger partial charge < -0.3 is 4.90 Å². The Morgan fingerprint density at radius 3 is 2.48 bits per heavy atom. The van der Waals surface area contributed by atoms with Crippen LogP contribution in [0.25, 0.3) is 5.57 Å². The number of carbonyl (C=O) groups is 2. The first-order valence-electron chi connectivity index (χ1n) is 6.33. The summed E-state index contributed by atoms with van der Waals surface area (Å²) in [4.78, 5) is 25.6. The van der Waals surface area contributed by atoms with E-state index < -0.39 is 5.54 Å². The number of rotatable bonds is 1. The number of carbonyl (C=O) groups excluding carboxylic acids is 2. The second-order valence-corrected chi connectivity index (χ2v) is 6.13. The van der Waals surface area contributed by atoms with Crippen molar-refractivity contribution >= 4 is 44.8 Å². The van der Waals surface area contributed by atoms with E-state index in [4.69, 9.17) is 11.6 Å². The Labute approximate surface area is 135 Å². The Hall–Kier alpha value is -1.65. The van der Waals surface area contributed by atoms with Gasteiger partial charge in [-0.05, 0) is 39.7 Å². The van der Waals surface area contributed by atoms with Crippen LogP contribution in [0.5, 0.6) is 0 Å². The first-order valence-corrected chi connectivity index (χ1v) is 7.50. The lowest BCUT2D eigenvalue weighted by Crippen LogP contribution is -2.43. The molecule has 1 atom stereocenters. The van der Waals surface area contributed by atoms with Crippen molar-refractivity contribution in [3.05, 3.63) is 63.6 Å². The van der Waals surface area contributed by atoms with Gasteiger partial charge in [0.25, 0.3) is 5.91 Å². The van der Waals surface area contributed by atoms with Gasteiger partial charge in [-0.3, -0.25) is 9.59 Å². The summed E-state index contributed by atoms with van der Waals surface area (Å²) in [6.45, 7) is 0. The molecule has 0 N–H and O–H groups in total. The average molecular weight is 365 g/mol. The molecule has 5 heteroatoms. The summed E-state index contributed by atoms with van der Waals surface area (Å²) in [6, 6.07) is 9.58. The molecule has 2 aliphatic rings. The van der Waals surface area contributed by atoms with Crippen molar-refractivity contribution in [3.8, 4) is 0 Å². The summed E-state index contributed by atoms with van der Waals surface area (Å²) < 4.78 is 0.482. The Morgan fingerprint density at radius 2 is 1.86 bits per heavy atom. The maximum absolute atomic E-state index is 12.4. The number of amides is 1. The molecule has 1 spiro atoms. The Morgan fingerprint density at radius 1 is 1.19 bits per heavy atom. The van der Waals surface area contributed by atoms with Gasteiger partial charge in [0.05, 0.1) is 9.51 Å². The fourth-order valence-corrected chi connectivity index (χ4v) is 3.73. The van der Waals surface area contributed by atoms with Gasteiger partial charge in [-0.1, -0.05) is 41.9 Å². The molecule has 106 valence electrons. The molecule has 1 heterocycles. The van der Waals surface area contributed by atoms with Crippen LogP contribution in [0.4, 0.5) is 0 Å². The molecule has 0 bridgehead atoms. The van der Waals surface area contributed by atoms with Gasteiger partial charge >= 0.3 is 0 Å². The predicted octanol–water partition coefficient (Wildman–Crippen LogP) is 3.27. The largest absolute Gasteiger partial charge is 0.324 e. The lowest BCUT2D eigenvalue weighted by molar-refractivity contribution is -0.125. The molecule has 0 saturated carbocycles. The van der Waals surface area contributed by atoms with E-state index in [1.54, 1.807) is 24.1 Å². The second kappa shape index (κ2) is 4.97. The zero-order valence-corrected chi connectivity index (χ0v) is 13.5. The van der Waals surface area contributed by atoms with Crippen LogP contribution in [-0.2, 0) is 9.59 Å². The molecule has 3 nitrogen and oxygen atoms in total. The van der Waals surface area contributed by atoms with Gasteiger partial charge in [0, 0.05) is 12.6 Å². The third-order valence-electron chi connectivity index (χ3n) is 3.80. The van der Waals surface area contributed by atoms with Crippen molar-refractivity contribution in [2.75, 3.05) is 7.05 Å². The molecule has 0 fully saturated rings. The lowest BCUT2D eigenvalue weighted by atomic mass is 9.82. The minimum Gasteiger partial charge on any atom is -0.324 e. The summed E-state index contributed by atoms with van der Waals surface area (Å²) in [5.74, 6) is -0.396. The van der Waals surface area contributed by atoms with E-state index >= 15 is 0 Å². The molecule has 0 radical (unpaired) electrons. The monoisotopic (exact) mass is 363 g/mol. The minimum absolute atomic E-state index is 0.118. The van der Waals surface area contributed by atoms with Crippen molar-refractivity contribution in [1.29, 1.82) is 0 Å². The smallest absolute Gasteiger partial charge is 0.262 e. The fraction of sp³-hybridized carbons (Fsp3) is 0.125. The Kier molecular flexibility index (Phi) is 3.38. The van der Waals surface area contributed by atoms with Crippen molar-refractivity contribution in [2.24, 2.45) is 0 Å². The molecule has 1 aromatic carbocycles. The molecule has 0 aromatic heterocycles. The fourth-order valence-electron chi connectivity index (χ4n) is 2.69. The van der Waals surface area contributed by atoms with Crippen LogP contribution in [0, 0.1) is 0 Å². The summed E-state index contributed by atoms with van der Waals surface area (Å²) in [7, 11) is 1.69.